The first-order valence-corrected chi connectivity index (χ1v) is 6.40. The Hall–Kier alpha value is -1.35. The predicted octanol–water partition coefficient (Wildman–Crippen LogP) is 2.52. The molecule has 1 N–H and O–H groups in total. The summed E-state index contributed by atoms with van der Waals surface area (Å²) in [6, 6.07) is 0. The van der Waals surface area contributed by atoms with Crippen molar-refractivity contribution in [1.29, 1.82) is 0 Å². The monoisotopic (exact) mass is 248 g/mol. The Labute approximate surface area is 108 Å². The van der Waals surface area contributed by atoms with Gasteiger partial charge in [-0.15, -0.1) is 0 Å². The standard InChI is InChI=1S/C15H20O3/c1-9-5-4-6-10(2)8-13-14(12(16)7-9)11(3)15(17)18-13/h6-7,12-14,16H,3-5,8H2,1-2H3/b9-7-,10-6-/t12-,13+,14-/m0/s1. The van der Waals surface area contributed by atoms with Gasteiger partial charge >= 0.3 is 5.97 Å². The first kappa shape index (κ1) is 13.1. The van der Waals surface area contributed by atoms with Crippen LogP contribution in [0.15, 0.2) is 35.5 Å². The van der Waals surface area contributed by atoms with Gasteiger partial charge in [0.05, 0.1) is 12.0 Å². The number of allylic oxidation sites excluding steroid dienone is 2. The van der Waals surface area contributed by atoms with E-state index in [1.54, 1.807) is 0 Å². The molecular formula is C15H20O3. The molecule has 0 aromatic carbocycles. The fourth-order valence-corrected chi connectivity index (χ4v) is 2.67. The third-order valence-electron chi connectivity index (χ3n) is 3.70. The van der Waals surface area contributed by atoms with Crippen molar-refractivity contribution in [2.24, 2.45) is 5.92 Å². The summed E-state index contributed by atoms with van der Waals surface area (Å²) in [4.78, 5) is 11.6. The maximum absolute atomic E-state index is 11.6. The normalized spacial score (nSPS) is 39.2. The van der Waals surface area contributed by atoms with Crippen molar-refractivity contribution in [2.45, 2.75) is 45.3 Å². The second-order valence-corrected chi connectivity index (χ2v) is 5.29. The van der Waals surface area contributed by atoms with Crippen LogP contribution >= 0.6 is 0 Å². The minimum atomic E-state index is -0.681. The van der Waals surface area contributed by atoms with Gasteiger partial charge in [-0.1, -0.05) is 29.9 Å². The minimum Gasteiger partial charge on any atom is -0.458 e. The zero-order valence-corrected chi connectivity index (χ0v) is 11.0. The van der Waals surface area contributed by atoms with E-state index in [1.165, 1.54) is 5.57 Å². The lowest BCUT2D eigenvalue weighted by Gasteiger charge is -2.22. The van der Waals surface area contributed by atoms with Crippen LogP contribution in [0.2, 0.25) is 0 Å². The fraction of sp³-hybridized carbons (Fsp3) is 0.533. The van der Waals surface area contributed by atoms with Gasteiger partial charge in [0, 0.05) is 12.0 Å². The first-order chi connectivity index (χ1) is 8.49. The Morgan fingerprint density at radius 2 is 2.11 bits per heavy atom. The van der Waals surface area contributed by atoms with Gasteiger partial charge in [-0.3, -0.25) is 0 Å². The summed E-state index contributed by atoms with van der Waals surface area (Å²) in [5.74, 6) is -0.684. The zero-order valence-electron chi connectivity index (χ0n) is 11.0. The van der Waals surface area contributed by atoms with Crippen LogP contribution in [0.3, 0.4) is 0 Å². The third-order valence-corrected chi connectivity index (χ3v) is 3.70. The molecule has 3 heteroatoms. The smallest absolute Gasteiger partial charge is 0.334 e. The molecule has 0 aromatic rings. The second-order valence-electron chi connectivity index (χ2n) is 5.29. The summed E-state index contributed by atoms with van der Waals surface area (Å²) >= 11 is 0. The average Bonchev–Trinajstić information content (AvgIpc) is 2.53. The highest BCUT2D eigenvalue weighted by Gasteiger charge is 2.42. The van der Waals surface area contributed by atoms with Crippen molar-refractivity contribution in [3.05, 3.63) is 35.5 Å². The van der Waals surface area contributed by atoms with Crippen LogP contribution < -0.4 is 0 Å². The topological polar surface area (TPSA) is 46.5 Å². The lowest BCUT2D eigenvalue weighted by molar-refractivity contribution is -0.139. The van der Waals surface area contributed by atoms with E-state index >= 15 is 0 Å². The lowest BCUT2D eigenvalue weighted by atomic mass is 9.86. The molecule has 1 aliphatic carbocycles. The summed E-state index contributed by atoms with van der Waals surface area (Å²) in [6.07, 6.45) is 5.64. The van der Waals surface area contributed by atoms with Crippen LogP contribution in [0, 0.1) is 5.92 Å². The van der Waals surface area contributed by atoms with Crippen LogP contribution in [0.5, 0.6) is 0 Å². The predicted molar refractivity (Wildman–Crippen MR) is 69.9 cm³/mol. The van der Waals surface area contributed by atoms with E-state index < -0.39 is 6.10 Å². The van der Waals surface area contributed by atoms with E-state index in [9.17, 15) is 9.90 Å². The van der Waals surface area contributed by atoms with Crippen LogP contribution in [-0.4, -0.2) is 23.3 Å². The van der Waals surface area contributed by atoms with Crippen LogP contribution in [0.4, 0.5) is 0 Å². The summed E-state index contributed by atoms with van der Waals surface area (Å²) < 4.78 is 5.32. The number of fused-ring (bicyclic) bond motifs is 1. The molecule has 0 spiro atoms. The number of ether oxygens (including phenoxy) is 1. The maximum atomic E-state index is 11.6. The van der Waals surface area contributed by atoms with E-state index in [4.69, 9.17) is 4.74 Å². The second kappa shape index (κ2) is 5.11. The van der Waals surface area contributed by atoms with Crippen molar-refractivity contribution >= 4 is 5.97 Å². The Balaban J connectivity index is 2.32. The number of aliphatic hydroxyl groups excluding tert-OH is 1. The Morgan fingerprint density at radius 1 is 1.39 bits per heavy atom. The van der Waals surface area contributed by atoms with Gasteiger partial charge in [0.1, 0.15) is 6.10 Å². The van der Waals surface area contributed by atoms with E-state index in [0.717, 1.165) is 18.4 Å². The number of rotatable bonds is 0. The number of hydrogen-bond donors (Lipinski definition) is 1. The van der Waals surface area contributed by atoms with Crippen LogP contribution in [0.1, 0.15) is 33.1 Å². The number of aliphatic hydroxyl groups is 1. The summed E-state index contributed by atoms with van der Waals surface area (Å²) in [6.45, 7) is 7.81. The molecule has 0 radical (unpaired) electrons. The van der Waals surface area contributed by atoms with E-state index in [1.807, 2.05) is 19.9 Å². The average molecular weight is 248 g/mol. The largest absolute Gasteiger partial charge is 0.458 e. The molecule has 18 heavy (non-hydrogen) atoms. The number of carbonyl (C=O) groups excluding carboxylic acids is 1. The molecule has 1 heterocycles. The number of carbonyl (C=O) groups is 1. The highest BCUT2D eigenvalue weighted by molar-refractivity contribution is 5.91. The molecule has 2 aliphatic rings. The van der Waals surface area contributed by atoms with Gasteiger partial charge in [-0.25, -0.2) is 4.79 Å². The minimum absolute atomic E-state index is 0.279. The first-order valence-electron chi connectivity index (χ1n) is 6.40. The Bertz CT molecular complexity index is 431. The quantitative estimate of drug-likeness (QED) is 0.407. The number of hydrogen-bond acceptors (Lipinski definition) is 3. The molecule has 98 valence electrons. The molecule has 1 aliphatic heterocycles. The highest BCUT2D eigenvalue weighted by atomic mass is 16.6. The van der Waals surface area contributed by atoms with Crippen molar-refractivity contribution in [3.8, 4) is 0 Å². The van der Waals surface area contributed by atoms with Gasteiger partial charge in [-0.2, -0.15) is 0 Å². The van der Waals surface area contributed by atoms with Gasteiger partial charge in [0.25, 0.3) is 0 Å². The Kier molecular flexibility index (Phi) is 3.71. The molecular weight excluding hydrogens is 228 g/mol. The maximum Gasteiger partial charge on any atom is 0.334 e. The summed E-state index contributed by atoms with van der Waals surface area (Å²) in [5.41, 5.74) is 2.73. The zero-order chi connectivity index (χ0) is 13.3. The molecule has 0 unspecified atom stereocenters. The van der Waals surface area contributed by atoms with E-state index in [-0.39, 0.29) is 18.0 Å². The molecule has 0 bridgehead atoms. The molecule has 0 amide bonds. The van der Waals surface area contributed by atoms with Gasteiger partial charge < -0.3 is 9.84 Å². The van der Waals surface area contributed by atoms with Crippen molar-refractivity contribution in [1.82, 2.24) is 0 Å². The Morgan fingerprint density at radius 3 is 2.83 bits per heavy atom. The van der Waals surface area contributed by atoms with Gasteiger partial charge in [0.15, 0.2) is 0 Å². The van der Waals surface area contributed by atoms with Crippen molar-refractivity contribution in [2.75, 3.05) is 0 Å². The highest BCUT2D eigenvalue weighted by Crippen LogP contribution is 2.34. The summed E-state index contributed by atoms with van der Waals surface area (Å²) in [5, 5.41) is 10.3. The molecule has 1 fully saturated rings. The molecule has 0 saturated carbocycles. The molecule has 3 nitrogen and oxygen atoms in total. The molecule has 1 saturated heterocycles. The van der Waals surface area contributed by atoms with E-state index in [0.29, 0.717) is 12.0 Å². The molecule has 2 rings (SSSR count). The van der Waals surface area contributed by atoms with Gasteiger partial charge in [0.2, 0.25) is 0 Å². The van der Waals surface area contributed by atoms with Crippen LogP contribution in [0.25, 0.3) is 0 Å². The molecule has 0 aromatic heterocycles. The molecule has 3 atom stereocenters. The van der Waals surface area contributed by atoms with Crippen molar-refractivity contribution in [3.63, 3.8) is 0 Å². The van der Waals surface area contributed by atoms with E-state index in [2.05, 4.69) is 12.7 Å². The van der Waals surface area contributed by atoms with Gasteiger partial charge in [-0.05, 0) is 26.7 Å². The fourth-order valence-electron chi connectivity index (χ4n) is 2.67. The summed E-state index contributed by atoms with van der Waals surface area (Å²) in [7, 11) is 0. The lowest BCUT2D eigenvalue weighted by Crippen LogP contribution is -2.28. The third kappa shape index (κ3) is 2.56. The SMILES string of the molecule is C=C1C(=O)O[C@@H]2C/C(C)=C\CC/C(C)=C\[C@H](O)[C@H]12. The van der Waals surface area contributed by atoms with Crippen molar-refractivity contribution < 1.29 is 14.6 Å². The van der Waals surface area contributed by atoms with Crippen LogP contribution in [-0.2, 0) is 9.53 Å². The number of esters is 1.